The molecule has 1 aliphatic rings. The van der Waals surface area contributed by atoms with Crippen LogP contribution in [0.4, 0.5) is 0 Å². The third-order valence-corrected chi connectivity index (χ3v) is 4.17. The van der Waals surface area contributed by atoms with Crippen molar-refractivity contribution in [2.24, 2.45) is 5.92 Å². The quantitative estimate of drug-likeness (QED) is 0.847. The Morgan fingerprint density at radius 3 is 2.62 bits per heavy atom. The van der Waals surface area contributed by atoms with E-state index >= 15 is 0 Å². The van der Waals surface area contributed by atoms with Crippen LogP contribution in [0.5, 0.6) is 0 Å². The fourth-order valence-corrected chi connectivity index (χ4v) is 2.94. The summed E-state index contributed by atoms with van der Waals surface area (Å²) in [4.78, 5) is 12.6. The molecule has 0 aliphatic heterocycles. The van der Waals surface area contributed by atoms with Crippen LogP contribution in [0.15, 0.2) is 54.6 Å². The summed E-state index contributed by atoms with van der Waals surface area (Å²) in [5.41, 5.74) is 3.11. The molecule has 0 heterocycles. The molecular formula is C19H17NO. The molecule has 21 heavy (non-hydrogen) atoms. The molecule has 0 spiro atoms. The van der Waals surface area contributed by atoms with Gasteiger partial charge in [-0.1, -0.05) is 60.2 Å². The summed E-state index contributed by atoms with van der Waals surface area (Å²) in [5.74, 6) is -0.280. The minimum atomic E-state index is -0.636. The normalized spacial score (nSPS) is 21.3. The Kier molecular flexibility index (Phi) is 3.58. The third-order valence-electron chi connectivity index (χ3n) is 4.17. The average Bonchev–Trinajstić information content (AvgIpc) is 3.29. The number of hydrogen-bond acceptors (Lipinski definition) is 2. The second-order valence-corrected chi connectivity index (χ2v) is 5.74. The molecule has 1 saturated carbocycles. The Labute approximate surface area is 125 Å². The topological polar surface area (TPSA) is 40.9 Å². The number of Topliss-reactive ketones (excluding diaryl/α,β-unsaturated/α-hetero) is 1. The second kappa shape index (κ2) is 5.54. The molecule has 0 bridgehead atoms. The molecule has 0 radical (unpaired) electrons. The van der Waals surface area contributed by atoms with E-state index in [1.807, 2.05) is 49.4 Å². The van der Waals surface area contributed by atoms with Crippen LogP contribution in [-0.2, 0) is 4.79 Å². The van der Waals surface area contributed by atoms with Crippen LogP contribution in [0.1, 0.15) is 34.9 Å². The van der Waals surface area contributed by atoms with E-state index in [2.05, 4.69) is 18.2 Å². The zero-order valence-corrected chi connectivity index (χ0v) is 12.0. The van der Waals surface area contributed by atoms with Crippen LogP contribution in [0.2, 0.25) is 0 Å². The zero-order valence-electron chi connectivity index (χ0n) is 12.0. The smallest absolute Gasteiger partial charge is 0.158 e. The molecule has 0 saturated heterocycles. The summed E-state index contributed by atoms with van der Waals surface area (Å²) >= 11 is 0. The van der Waals surface area contributed by atoms with Gasteiger partial charge in [0, 0.05) is 5.92 Å². The number of ketones is 1. The Morgan fingerprint density at radius 1 is 1.19 bits per heavy atom. The van der Waals surface area contributed by atoms with E-state index in [4.69, 9.17) is 0 Å². The number of rotatable bonds is 4. The van der Waals surface area contributed by atoms with Crippen molar-refractivity contribution in [3.05, 3.63) is 71.3 Å². The summed E-state index contributed by atoms with van der Waals surface area (Å²) in [6, 6.07) is 20.0. The lowest BCUT2D eigenvalue weighted by Gasteiger charge is -2.09. The van der Waals surface area contributed by atoms with Crippen LogP contribution >= 0.6 is 0 Å². The van der Waals surface area contributed by atoms with Crippen molar-refractivity contribution in [2.75, 3.05) is 0 Å². The molecule has 3 atom stereocenters. The van der Waals surface area contributed by atoms with Gasteiger partial charge in [-0.25, -0.2) is 0 Å². The maximum atomic E-state index is 12.6. The molecule has 2 nitrogen and oxygen atoms in total. The fraction of sp³-hybridized carbons (Fsp3) is 0.263. The van der Waals surface area contributed by atoms with Crippen molar-refractivity contribution in [1.29, 1.82) is 5.26 Å². The first kappa shape index (κ1) is 13.6. The van der Waals surface area contributed by atoms with Gasteiger partial charge in [0.2, 0.25) is 0 Å². The van der Waals surface area contributed by atoms with E-state index in [1.165, 1.54) is 5.56 Å². The Morgan fingerprint density at radius 2 is 1.95 bits per heavy atom. The number of benzene rings is 2. The molecule has 0 N–H and O–H groups in total. The maximum Gasteiger partial charge on any atom is 0.158 e. The van der Waals surface area contributed by atoms with Gasteiger partial charge in [0.25, 0.3) is 0 Å². The van der Waals surface area contributed by atoms with Gasteiger partial charge >= 0.3 is 0 Å². The molecule has 2 heteroatoms. The Balaban J connectivity index is 1.78. The molecular weight excluding hydrogens is 258 g/mol. The standard InChI is InChI=1S/C19H17NO/c1-13-6-5-9-15(10-13)18(12-20)19(21)17-11-16(17)14-7-3-2-4-8-14/h2-10,16-18H,11H2,1H3. The maximum absolute atomic E-state index is 12.6. The van der Waals surface area contributed by atoms with Gasteiger partial charge in [-0.15, -0.1) is 0 Å². The van der Waals surface area contributed by atoms with E-state index in [-0.39, 0.29) is 11.7 Å². The highest BCUT2D eigenvalue weighted by atomic mass is 16.1. The van der Waals surface area contributed by atoms with E-state index in [1.54, 1.807) is 0 Å². The van der Waals surface area contributed by atoms with Crippen LogP contribution in [0, 0.1) is 24.2 Å². The van der Waals surface area contributed by atoms with Crippen molar-refractivity contribution in [1.82, 2.24) is 0 Å². The van der Waals surface area contributed by atoms with Crippen LogP contribution < -0.4 is 0 Å². The molecule has 1 aliphatic carbocycles. The van der Waals surface area contributed by atoms with Crippen LogP contribution in [0.3, 0.4) is 0 Å². The lowest BCUT2D eigenvalue weighted by Crippen LogP contribution is -2.13. The molecule has 1 fully saturated rings. The zero-order chi connectivity index (χ0) is 14.8. The summed E-state index contributed by atoms with van der Waals surface area (Å²) in [6.45, 7) is 1.98. The van der Waals surface area contributed by atoms with Gasteiger partial charge in [0.15, 0.2) is 5.78 Å². The highest BCUT2D eigenvalue weighted by molar-refractivity contribution is 5.93. The van der Waals surface area contributed by atoms with Gasteiger partial charge in [-0.05, 0) is 30.4 Å². The van der Waals surface area contributed by atoms with Crippen molar-refractivity contribution >= 4 is 5.78 Å². The minimum Gasteiger partial charge on any atom is -0.298 e. The number of aryl methyl sites for hydroxylation is 1. The highest BCUT2D eigenvalue weighted by Gasteiger charge is 2.46. The predicted molar refractivity (Wildman–Crippen MR) is 81.8 cm³/mol. The highest BCUT2D eigenvalue weighted by Crippen LogP contribution is 2.49. The molecule has 0 aromatic heterocycles. The van der Waals surface area contributed by atoms with Gasteiger partial charge in [-0.2, -0.15) is 5.26 Å². The van der Waals surface area contributed by atoms with E-state index in [9.17, 15) is 10.1 Å². The largest absolute Gasteiger partial charge is 0.298 e. The first-order valence-corrected chi connectivity index (χ1v) is 7.25. The Hall–Kier alpha value is -2.40. The lowest BCUT2D eigenvalue weighted by molar-refractivity contribution is -0.120. The molecule has 3 unspecified atom stereocenters. The fourth-order valence-electron chi connectivity index (χ4n) is 2.94. The third kappa shape index (κ3) is 2.73. The van der Waals surface area contributed by atoms with Crippen LogP contribution in [0.25, 0.3) is 0 Å². The SMILES string of the molecule is Cc1cccc(C(C#N)C(=O)C2CC2c2ccccc2)c1. The number of carbonyl (C=O) groups is 1. The van der Waals surface area contributed by atoms with Crippen molar-refractivity contribution in [3.63, 3.8) is 0 Å². The van der Waals surface area contributed by atoms with Gasteiger partial charge < -0.3 is 0 Å². The number of carbonyl (C=O) groups excluding carboxylic acids is 1. The van der Waals surface area contributed by atoms with Gasteiger partial charge in [0.1, 0.15) is 5.92 Å². The number of nitriles is 1. The summed E-state index contributed by atoms with van der Waals surface area (Å²) in [5, 5.41) is 9.40. The number of nitrogens with zero attached hydrogens (tertiary/aromatic N) is 1. The monoisotopic (exact) mass is 275 g/mol. The summed E-state index contributed by atoms with van der Waals surface area (Å²) in [6.07, 6.45) is 0.868. The lowest BCUT2D eigenvalue weighted by atomic mass is 9.91. The van der Waals surface area contributed by atoms with E-state index < -0.39 is 5.92 Å². The molecule has 0 amide bonds. The predicted octanol–water partition coefficient (Wildman–Crippen LogP) is 3.98. The molecule has 2 aromatic carbocycles. The summed E-state index contributed by atoms with van der Waals surface area (Å²) < 4.78 is 0. The minimum absolute atomic E-state index is 0.00226. The Bertz CT molecular complexity index is 699. The van der Waals surface area contributed by atoms with Crippen molar-refractivity contribution in [2.45, 2.75) is 25.2 Å². The second-order valence-electron chi connectivity index (χ2n) is 5.74. The van der Waals surface area contributed by atoms with E-state index in [0.29, 0.717) is 5.92 Å². The van der Waals surface area contributed by atoms with Gasteiger partial charge in [0.05, 0.1) is 6.07 Å². The number of hydrogen-bond donors (Lipinski definition) is 0. The molecule has 3 rings (SSSR count). The van der Waals surface area contributed by atoms with Gasteiger partial charge in [-0.3, -0.25) is 4.79 Å². The van der Waals surface area contributed by atoms with Crippen molar-refractivity contribution < 1.29 is 4.79 Å². The first-order chi connectivity index (χ1) is 10.2. The van der Waals surface area contributed by atoms with Crippen LogP contribution in [-0.4, -0.2) is 5.78 Å². The molecule has 2 aromatic rings. The van der Waals surface area contributed by atoms with Crippen molar-refractivity contribution in [3.8, 4) is 6.07 Å². The van der Waals surface area contributed by atoms with E-state index in [0.717, 1.165) is 17.5 Å². The average molecular weight is 275 g/mol. The first-order valence-electron chi connectivity index (χ1n) is 7.25. The summed E-state index contributed by atoms with van der Waals surface area (Å²) in [7, 11) is 0. The molecule has 104 valence electrons.